The van der Waals surface area contributed by atoms with Gasteiger partial charge in [-0.25, -0.2) is 0 Å². The molecule has 0 radical (unpaired) electrons. The van der Waals surface area contributed by atoms with Gasteiger partial charge in [-0.1, -0.05) is 29.4 Å². The van der Waals surface area contributed by atoms with E-state index in [2.05, 4.69) is 34.7 Å². The van der Waals surface area contributed by atoms with Crippen LogP contribution in [0.4, 0.5) is 0 Å². The Morgan fingerprint density at radius 1 is 1.12 bits per heavy atom. The van der Waals surface area contributed by atoms with E-state index in [4.69, 9.17) is 9.26 Å². The summed E-state index contributed by atoms with van der Waals surface area (Å²) in [4.78, 5) is 0. The quantitative estimate of drug-likeness (QED) is 0.828. The van der Waals surface area contributed by atoms with Gasteiger partial charge in [-0.05, 0) is 11.1 Å². The first-order chi connectivity index (χ1) is 8.38. The van der Waals surface area contributed by atoms with Crippen LogP contribution in [0.1, 0.15) is 16.9 Å². The molecule has 17 heavy (non-hydrogen) atoms. The molecule has 1 aromatic carbocycles. The number of rotatable bonds is 6. The molecule has 1 aromatic heterocycles. The fraction of sp³-hybridized carbons (Fsp3) is 0.308. The summed E-state index contributed by atoms with van der Waals surface area (Å²) in [5, 5.41) is 6.94. The van der Waals surface area contributed by atoms with Crippen LogP contribution in [-0.4, -0.2) is 12.3 Å². The summed E-state index contributed by atoms with van der Waals surface area (Å²) >= 11 is 0. The Kier molecular flexibility index (Phi) is 4.30. The van der Waals surface area contributed by atoms with E-state index >= 15 is 0 Å². The first-order valence-electron chi connectivity index (χ1n) is 5.55. The highest BCUT2D eigenvalue weighted by Crippen LogP contribution is 2.05. The fourth-order valence-corrected chi connectivity index (χ4v) is 1.58. The van der Waals surface area contributed by atoms with Crippen LogP contribution in [0.15, 0.2) is 41.1 Å². The molecule has 0 aliphatic carbocycles. The van der Waals surface area contributed by atoms with Gasteiger partial charge in [0, 0.05) is 19.7 Å². The smallest absolute Gasteiger partial charge is 0.150 e. The van der Waals surface area contributed by atoms with E-state index < -0.39 is 0 Å². The van der Waals surface area contributed by atoms with Gasteiger partial charge in [-0.15, -0.1) is 0 Å². The molecule has 90 valence electrons. The number of benzene rings is 1. The minimum absolute atomic E-state index is 0.659. The van der Waals surface area contributed by atoms with Crippen molar-refractivity contribution >= 4 is 0 Å². The summed E-state index contributed by atoms with van der Waals surface area (Å²) in [6, 6.07) is 10.2. The number of hydrogen-bond acceptors (Lipinski definition) is 4. The van der Waals surface area contributed by atoms with Crippen LogP contribution in [0.25, 0.3) is 0 Å². The molecule has 0 fully saturated rings. The van der Waals surface area contributed by atoms with Gasteiger partial charge < -0.3 is 14.6 Å². The van der Waals surface area contributed by atoms with Gasteiger partial charge >= 0.3 is 0 Å². The number of nitrogens with one attached hydrogen (secondary N) is 1. The second kappa shape index (κ2) is 6.18. The summed E-state index contributed by atoms with van der Waals surface area (Å²) in [6.07, 6.45) is 1.65. The van der Waals surface area contributed by atoms with E-state index in [1.54, 1.807) is 13.3 Å². The molecule has 4 nitrogen and oxygen atoms in total. The molecular formula is C13H16N2O2. The topological polar surface area (TPSA) is 47.3 Å². The summed E-state index contributed by atoms with van der Waals surface area (Å²) in [6.45, 7) is 2.17. The Balaban J connectivity index is 1.79. The molecule has 0 bridgehead atoms. The molecule has 0 atom stereocenters. The maximum Gasteiger partial charge on any atom is 0.150 e. The van der Waals surface area contributed by atoms with Crippen molar-refractivity contribution in [3.63, 3.8) is 0 Å². The maximum absolute atomic E-state index is 5.06. The van der Waals surface area contributed by atoms with E-state index in [0.29, 0.717) is 13.2 Å². The van der Waals surface area contributed by atoms with E-state index in [0.717, 1.165) is 12.3 Å². The van der Waals surface area contributed by atoms with Crippen molar-refractivity contribution in [2.24, 2.45) is 0 Å². The average Bonchev–Trinajstić information content (AvgIpc) is 2.85. The zero-order valence-corrected chi connectivity index (χ0v) is 9.85. The molecule has 0 amide bonds. The van der Waals surface area contributed by atoms with Gasteiger partial charge in [-0.3, -0.25) is 0 Å². The molecule has 1 N–H and O–H groups in total. The highest BCUT2D eigenvalue weighted by molar-refractivity contribution is 5.21. The molecule has 0 aliphatic rings. The Labute approximate surface area is 101 Å². The number of hydrogen-bond donors (Lipinski definition) is 1. The fourth-order valence-electron chi connectivity index (χ4n) is 1.58. The third kappa shape index (κ3) is 3.69. The summed E-state index contributed by atoms with van der Waals surface area (Å²) < 4.78 is 10.1. The molecule has 4 heteroatoms. The average molecular weight is 232 g/mol. The zero-order valence-electron chi connectivity index (χ0n) is 9.85. The molecule has 0 saturated carbocycles. The monoisotopic (exact) mass is 232 g/mol. The maximum atomic E-state index is 5.06. The highest BCUT2D eigenvalue weighted by Gasteiger charge is 1.97. The predicted octanol–water partition coefficient (Wildman–Crippen LogP) is 2.11. The summed E-state index contributed by atoms with van der Waals surface area (Å²) in [5.41, 5.74) is 2.43. The van der Waals surface area contributed by atoms with Crippen LogP contribution in [0.3, 0.4) is 0 Å². The number of ether oxygens (including phenoxy) is 1. The standard InChI is InChI=1S/C13H16N2O2/c1-16-10-12-4-2-11(3-5-12)8-14-9-13-6-7-15-17-13/h2-7,14H,8-10H2,1H3. The van der Waals surface area contributed by atoms with Gasteiger partial charge in [0.2, 0.25) is 0 Å². The number of aromatic nitrogens is 1. The lowest BCUT2D eigenvalue weighted by atomic mass is 10.1. The minimum Gasteiger partial charge on any atom is -0.380 e. The highest BCUT2D eigenvalue weighted by atomic mass is 16.5. The second-order valence-electron chi connectivity index (χ2n) is 3.83. The van der Waals surface area contributed by atoms with Gasteiger partial charge in [0.05, 0.1) is 19.3 Å². The normalized spacial score (nSPS) is 10.6. The molecule has 0 unspecified atom stereocenters. The van der Waals surface area contributed by atoms with E-state index in [-0.39, 0.29) is 0 Å². The Hall–Kier alpha value is -1.65. The third-order valence-corrected chi connectivity index (χ3v) is 2.45. The first-order valence-corrected chi connectivity index (χ1v) is 5.55. The van der Waals surface area contributed by atoms with Gasteiger partial charge in [0.15, 0.2) is 0 Å². The third-order valence-electron chi connectivity index (χ3n) is 2.45. The molecule has 0 spiro atoms. The van der Waals surface area contributed by atoms with Crippen molar-refractivity contribution in [1.29, 1.82) is 0 Å². The van der Waals surface area contributed by atoms with Crippen LogP contribution >= 0.6 is 0 Å². The predicted molar refractivity (Wildman–Crippen MR) is 64.2 cm³/mol. The van der Waals surface area contributed by atoms with Crippen LogP contribution in [-0.2, 0) is 24.4 Å². The lowest BCUT2D eigenvalue weighted by molar-refractivity contribution is 0.185. The summed E-state index contributed by atoms with van der Waals surface area (Å²) in [7, 11) is 1.70. The first kappa shape index (κ1) is 11.8. The largest absolute Gasteiger partial charge is 0.380 e. The number of methoxy groups -OCH3 is 1. The lowest BCUT2D eigenvalue weighted by Gasteiger charge is -2.04. The van der Waals surface area contributed by atoms with Gasteiger partial charge in [-0.2, -0.15) is 0 Å². The zero-order chi connectivity index (χ0) is 11.9. The molecule has 2 aromatic rings. The van der Waals surface area contributed by atoms with Crippen molar-refractivity contribution in [3.05, 3.63) is 53.4 Å². The summed E-state index contributed by atoms with van der Waals surface area (Å²) in [5.74, 6) is 0.848. The van der Waals surface area contributed by atoms with E-state index in [1.165, 1.54) is 11.1 Å². The van der Waals surface area contributed by atoms with Crippen molar-refractivity contribution in [2.75, 3.05) is 7.11 Å². The lowest BCUT2D eigenvalue weighted by Crippen LogP contribution is -2.12. The SMILES string of the molecule is COCc1ccc(CNCc2ccno2)cc1. The molecule has 2 rings (SSSR count). The molecule has 0 aliphatic heterocycles. The minimum atomic E-state index is 0.659. The van der Waals surface area contributed by atoms with E-state index in [9.17, 15) is 0 Å². The van der Waals surface area contributed by atoms with Crippen molar-refractivity contribution < 1.29 is 9.26 Å². The van der Waals surface area contributed by atoms with Crippen LogP contribution in [0.2, 0.25) is 0 Å². The van der Waals surface area contributed by atoms with Crippen LogP contribution in [0, 0.1) is 0 Å². The van der Waals surface area contributed by atoms with Crippen LogP contribution < -0.4 is 5.32 Å². The molecular weight excluding hydrogens is 216 g/mol. The van der Waals surface area contributed by atoms with Crippen molar-refractivity contribution in [1.82, 2.24) is 10.5 Å². The van der Waals surface area contributed by atoms with E-state index in [1.807, 2.05) is 6.07 Å². The second-order valence-corrected chi connectivity index (χ2v) is 3.83. The van der Waals surface area contributed by atoms with Gasteiger partial charge in [0.25, 0.3) is 0 Å². The van der Waals surface area contributed by atoms with Crippen molar-refractivity contribution in [3.8, 4) is 0 Å². The van der Waals surface area contributed by atoms with Crippen molar-refractivity contribution in [2.45, 2.75) is 19.7 Å². The molecule has 0 saturated heterocycles. The number of nitrogens with zero attached hydrogens (tertiary/aromatic N) is 1. The van der Waals surface area contributed by atoms with Crippen LogP contribution in [0.5, 0.6) is 0 Å². The molecule has 1 heterocycles. The van der Waals surface area contributed by atoms with Gasteiger partial charge in [0.1, 0.15) is 5.76 Å². The Morgan fingerprint density at radius 2 is 1.88 bits per heavy atom. The Morgan fingerprint density at radius 3 is 2.53 bits per heavy atom. The Bertz CT molecular complexity index is 423.